The van der Waals surface area contributed by atoms with E-state index in [0.29, 0.717) is 23.0 Å². The summed E-state index contributed by atoms with van der Waals surface area (Å²) in [5.74, 6) is 1.07. The van der Waals surface area contributed by atoms with Gasteiger partial charge in [-0.1, -0.05) is 12.1 Å². The molecule has 8 nitrogen and oxygen atoms in total. The number of aromatic nitrogens is 3. The van der Waals surface area contributed by atoms with E-state index in [1.165, 1.54) is 13.3 Å². The molecule has 0 atom stereocenters. The number of carbonyl (C=O) groups excluding carboxylic acids is 1. The molecule has 0 aliphatic carbocycles. The summed E-state index contributed by atoms with van der Waals surface area (Å²) in [6.07, 6.45) is 1.47. The quantitative estimate of drug-likeness (QED) is 0.654. The first-order valence-corrected chi connectivity index (χ1v) is 7.75. The molecule has 3 rings (SSSR count). The molecule has 0 aliphatic heterocycles. The van der Waals surface area contributed by atoms with Crippen LogP contribution >= 0.6 is 0 Å². The Morgan fingerprint density at radius 1 is 1.00 bits per heavy atom. The first-order valence-electron chi connectivity index (χ1n) is 7.75. The summed E-state index contributed by atoms with van der Waals surface area (Å²) in [6, 6.07) is 14.3. The highest BCUT2D eigenvalue weighted by Crippen LogP contribution is 2.22. The van der Waals surface area contributed by atoms with E-state index < -0.39 is 5.97 Å². The number of benzene rings is 2. The van der Waals surface area contributed by atoms with Gasteiger partial charge >= 0.3 is 5.97 Å². The van der Waals surface area contributed by atoms with Gasteiger partial charge < -0.3 is 20.1 Å². The lowest BCUT2D eigenvalue weighted by atomic mass is 10.2. The van der Waals surface area contributed by atoms with E-state index in [2.05, 4.69) is 25.8 Å². The number of nitrogens with zero attached hydrogens (tertiary/aromatic N) is 3. The van der Waals surface area contributed by atoms with Gasteiger partial charge in [0, 0.05) is 5.69 Å². The van der Waals surface area contributed by atoms with Crippen LogP contribution in [0.1, 0.15) is 10.4 Å². The van der Waals surface area contributed by atoms with Crippen molar-refractivity contribution in [3.8, 4) is 5.75 Å². The van der Waals surface area contributed by atoms with Crippen LogP contribution < -0.4 is 15.4 Å². The van der Waals surface area contributed by atoms with Crippen molar-refractivity contribution in [2.75, 3.05) is 24.9 Å². The molecule has 0 radical (unpaired) electrons. The Kier molecular flexibility index (Phi) is 5.23. The van der Waals surface area contributed by atoms with Crippen molar-refractivity contribution in [3.63, 3.8) is 0 Å². The smallest absolute Gasteiger partial charge is 0.339 e. The molecule has 1 heterocycles. The summed E-state index contributed by atoms with van der Waals surface area (Å²) in [5.41, 5.74) is 1.76. The van der Waals surface area contributed by atoms with Crippen LogP contribution in [0, 0.1) is 0 Å². The summed E-state index contributed by atoms with van der Waals surface area (Å²) >= 11 is 0. The van der Waals surface area contributed by atoms with Crippen LogP contribution in [0.15, 0.2) is 54.7 Å². The number of methoxy groups -OCH3 is 2. The molecule has 0 bridgehead atoms. The zero-order valence-electron chi connectivity index (χ0n) is 14.3. The summed E-state index contributed by atoms with van der Waals surface area (Å²) < 4.78 is 9.91. The van der Waals surface area contributed by atoms with Crippen molar-refractivity contribution in [1.29, 1.82) is 0 Å². The lowest BCUT2D eigenvalue weighted by Gasteiger charge is -2.10. The number of ether oxygens (including phenoxy) is 2. The van der Waals surface area contributed by atoms with Crippen LogP contribution in [0.3, 0.4) is 0 Å². The van der Waals surface area contributed by atoms with E-state index in [1.807, 2.05) is 24.3 Å². The third-order valence-electron chi connectivity index (χ3n) is 3.50. The van der Waals surface area contributed by atoms with E-state index in [4.69, 9.17) is 9.47 Å². The standard InChI is InChI=1S/C18H17N5O3/c1-25-13-9-7-12(8-10-13)20-18-22-16(11-19-23-18)21-15-6-4-3-5-14(15)17(24)26-2/h3-11H,1-2H3,(H2,20,21,22,23). The molecule has 0 amide bonds. The van der Waals surface area contributed by atoms with Gasteiger partial charge in [0.05, 0.1) is 31.7 Å². The molecular weight excluding hydrogens is 334 g/mol. The maximum absolute atomic E-state index is 11.9. The fraction of sp³-hybridized carbons (Fsp3) is 0.111. The molecule has 1 aromatic heterocycles. The van der Waals surface area contributed by atoms with Gasteiger partial charge in [-0.05, 0) is 36.4 Å². The Bertz CT molecular complexity index is 899. The maximum Gasteiger partial charge on any atom is 0.339 e. The molecule has 0 unspecified atom stereocenters. The number of hydrogen-bond donors (Lipinski definition) is 2. The van der Waals surface area contributed by atoms with Crippen molar-refractivity contribution < 1.29 is 14.3 Å². The molecule has 3 aromatic rings. The number of esters is 1. The number of nitrogens with one attached hydrogen (secondary N) is 2. The molecule has 0 saturated heterocycles. The van der Waals surface area contributed by atoms with Gasteiger partial charge in [0.15, 0.2) is 5.82 Å². The first kappa shape index (κ1) is 17.2. The van der Waals surface area contributed by atoms with Crippen LogP contribution in [0.25, 0.3) is 0 Å². The van der Waals surface area contributed by atoms with Gasteiger partial charge in [-0.15, -0.1) is 5.10 Å². The average molecular weight is 351 g/mol. The van der Waals surface area contributed by atoms with Crippen LogP contribution in [0.2, 0.25) is 0 Å². The summed E-state index contributed by atoms with van der Waals surface area (Å²) in [7, 11) is 2.94. The van der Waals surface area contributed by atoms with Crippen LogP contribution in [0.5, 0.6) is 5.75 Å². The Morgan fingerprint density at radius 2 is 1.77 bits per heavy atom. The second-order valence-electron chi connectivity index (χ2n) is 5.18. The van der Waals surface area contributed by atoms with Gasteiger partial charge in [0.1, 0.15) is 5.75 Å². The van der Waals surface area contributed by atoms with Gasteiger partial charge in [0.2, 0.25) is 5.95 Å². The molecule has 132 valence electrons. The van der Waals surface area contributed by atoms with E-state index in [1.54, 1.807) is 31.4 Å². The van der Waals surface area contributed by atoms with E-state index >= 15 is 0 Å². The molecule has 0 saturated carbocycles. The highest BCUT2D eigenvalue weighted by Gasteiger charge is 2.12. The number of rotatable bonds is 6. The molecule has 26 heavy (non-hydrogen) atoms. The Hall–Kier alpha value is -3.68. The lowest BCUT2D eigenvalue weighted by molar-refractivity contribution is 0.0602. The number of carbonyl (C=O) groups is 1. The van der Waals surface area contributed by atoms with Gasteiger partial charge in [-0.25, -0.2) is 4.79 Å². The van der Waals surface area contributed by atoms with Crippen molar-refractivity contribution >= 4 is 29.1 Å². The topological polar surface area (TPSA) is 98.3 Å². The largest absolute Gasteiger partial charge is 0.497 e. The fourth-order valence-corrected chi connectivity index (χ4v) is 2.24. The Morgan fingerprint density at radius 3 is 2.50 bits per heavy atom. The lowest BCUT2D eigenvalue weighted by Crippen LogP contribution is -2.07. The number of para-hydroxylation sites is 1. The average Bonchev–Trinajstić information content (AvgIpc) is 2.69. The van der Waals surface area contributed by atoms with Crippen LogP contribution in [-0.4, -0.2) is 35.4 Å². The second-order valence-corrected chi connectivity index (χ2v) is 5.18. The second kappa shape index (κ2) is 7.93. The third-order valence-corrected chi connectivity index (χ3v) is 3.50. The van der Waals surface area contributed by atoms with Gasteiger partial charge in [-0.2, -0.15) is 10.1 Å². The summed E-state index contributed by atoms with van der Waals surface area (Å²) in [4.78, 5) is 16.2. The predicted octanol–water partition coefficient (Wildman–Crippen LogP) is 3.15. The first-order chi connectivity index (χ1) is 12.7. The summed E-state index contributed by atoms with van der Waals surface area (Å²) in [5, 5.41) is 14.0. The normalized spacial score (nSPS) is 10.1. The zero-order chi connectivity index (χ0) is 18.4. The zero-order valence-corrected chi connectivity index (χ0v) is 14.3. The predicted molar refractivity (Wildman–Crippen MR) is 97.2 cm³/mol. The minimum Gasteiger partial charge on any atom is -0.497 e. The molecular formula is C18H17N5O3. The van der Waals surface area contributed by atoms with Crippen LogP contribution in [-0.2, 0) is 4.74 Å². The SMILES string of the molecule is COC(=O)c1ccccc1Nc1cnnc(Nc2ccc(OC)cc2)n1. The minimum atomic E-state index is -0.438. The third kappa shape index (κ3) is 4.04. The van der Waals surface area contributed by atoms with E-state index in [-0.39, 0.29) is 0 Å². The molecule has 8 heteroatoms. The number of hydrogen-bond acceptors (Lipinski definition) is 8. The Balaban J connectivity index is 1.78. The molecule has 0 spiro atoms. The van der Waals surface area contributed by atoms with Crippen molar-refractivity contribution in [3.05, 3.63) is 60.3 Å². The molecule has 0 aliphatic rings. The van der Waals surface area contributed by atoms with Crippen molar-refractivity contribution in [2.45, 2.75) is 0 Å². The Labute approximate surface area is 150 Å². The monoisotopic (exact) mass is 351 g/mol. The minimum absolute atomic E-state index is 0.315. The maximum atomic E-state index is 11.9. The highest BCUT2D eigenvalue weighted by molar-refractivity contribution is 5.96. The van der Waals surface area contributed by atoms with E-state index in [0.717, 1.165) is 11.4 Å². The highest BCUT2D eigenvalue weighted by atomic mass is 16.5. The molecule has 2 N–H and O–H groups in total. The van der Waals surface area contributed by atoms with E-state index in [9.17, 15) is 4.79 Å². The van der Waals surface area contributed by atoms with Gasteiger partial charge in [0.25, 0.3) is 0 Å². The molecule has 2 aromatic carbocycles. The number of anilines is 4. The van der Waals surface area contributed by atoms with Crippen molar-refractivity contribution in [2.24, 2.45) is 0 Å². The molecule has 0 fully saturated rings. The summed E-state index contributed by atoms with van der Waals surface area (Å²) in [6.45, 7) is 0. The van der Waals surface area contributed by atoms with Crippen molar-refractivity contribution in [1.82, 2.24) is 15.2 Å². The van der Waals surface area contributed by atoms with Crippen LogP contribution in [0.4, 0.5) is 23.1 Å². The van der Waals surface area contributed by atoms with Gasteiger partial charge in [-0.3, -0.25) is 0 Å². The fourth-order valence-electron chi connectivity index (χ4n) is 2.24.